The first-order valence-electron chi connectivity index (χ1n) is 5.68. The first kappa shape index (κ1) is 14.4. The van der Waals surface area contributed by atoms with Crippen LogP contribution in [0, 0.1) is 0 Å². The van der Waals surface area contributed by atoms with E-state index in [2.05, 4.69) is 25.7 Å². The lowest BCUT2D eigenvalue weighted by Crippen LogP contribution is -2.51. The summed E-state index contributed by atoms with van der Waals surface area (Å²) >= 11 is 0. The highest BCUT2D eigenvalue weighted by atomic mass is 16.1. The highest BCUT2D eigenvalue weighted by molar-refractivity contribution is 5.83. The van der Waals surface area contributed by atoms with E-state index in [1.807, 2.05) is 0 Å². The largest absolute Gasteiger partial charge is 0.368 e. The van der Waals surface area contributed by atoms with Gasteiger partial charge in [-0.15, -0.1) is 0 Å². The van der Waals surface area contributed by atoms with E-state index in [0.717, 1.165) is 19.5 Å². The number of nitrogens with zero attached hydrogens (tertiary/aromatic N) is 1. The number of rotatable bonds is 7. The highest BCUT2D eigenvalue weighted by Crippen LogP contribution is 2.10. The fourth-order valence-electron chi connectivity index (χ4n) is 1.45. The van der Waals surface area contributed by atoms with E-state index in [-0.39, 0.29) is 0 Å². The molecule has 2 atom stereocenters. The van der Waals surface area contributed by atoms with Gasteiger partial charge in [0.15, 0.2) is 0 Å². The van der Waals surface area contributed by atoms with E-state index in [0.29, 0.717) is 12.5 Å². The van der Waals surface area contributed by atoms with Crippen LogP contribution in [0.5, 0.6) is 0 Å². The lowest BCUT2D eigenvalue weighted by molar-refractivity contribution is -0.122. The van der Waals surface area contributed by atoms with Crippen molar-refractivity contribution in [3.8, 4) is 0 Å². The molecule has 0 aromatic heterocycles. The van der Waals surface area contributed by atoms with Crippen molar-refractivity contribution in [3.63, 3.8) is 0 Å². The van der Waals surface area contributed by atoms with Crippen LogP contribution in [0.2, 0.25) is 0 Å². The second-order valence-corrected chi connectivity index (χ2v) is 4.42. The van der Waals surface area contributed by atoms with E-state index in [4.69, 9.17) is 11.5 Å². The van der Waals surface area contributed by atoms with Gasteiger partial charge in [-0.05, 0) is 33.2 Å². The zero-order valence-electron chi connectivity index (χ0n) is 10.4. The van der Waals surface area contributed by atoms with E-state index >= 15 is 0 Å². The molecule has 0 aliphatic heterocycles. The third-order valence-corrected chi connectivity index (χ3v) is 3.10. The molecule has 0 aromatic carbocycles. The van der Waals surface area contributed by atoms with Crippen molar-refractivity contribution >= 4 is 5.91 Å². The first-order chi connectivity index (χ1) is 6.85. The fourth-order valence-corrected chi connectivity index (χ4v) is 1.45. The molecule has 90 valence electrons. The van der Waals surface area contributed by atoms with Crippen LogP contribution in [0.15, 0.2) is 0 Å². The molecule has 4 N–H and O–H groups in total. The summed E-state index contributed by atoms with van der Waals surface area (Å²) in [5.41, 5.74) is 10.1. The third-order valence-electron chi connectivity index (χ3n) is 3.10. The molecule has 0 aliphatic carbocycles. The standard InChI is InChI=1S/C11H25N3O/c1-5-9(3)14(6-2)8-7-11(4,13)10(12)15/h9H,5-8,13H2,1-4H3,(H2,12,15). The average molecular weight is 215 g/mol. The summed E-state index contributed by atoms with van der Waals surface area (Å²) in [7, 11) is 0. The van der Waals surface area contributed by atoms with Gasteiger partial charge in [0.1, 0.15) is 0 Å². The maximum absolute atomic E-state index is 11.0. The maximum Gasteiger partial charge on any atom is 0.237 e. The number of hydrogen-bond donors (Lipinski definition) is 2. The van der Waals surface area contributed by atoms with Crippen molar-refractivity contribution in [2.75, 3.05) is 13.1 Å². The van der Waals surface area contributed by atoms with Crippen LogP contribution in [0.3, 0.4) is 0 Å². The Bertz CT molecular complexity index is 204. The molecule has 4 heteroatoms. The second kappa shape index (κ2) is 6.08. The number of primary amides is 1. The zero-order valence-corrected chi connectivity index (χ0v) is 10.4. The van der Waals surface area contributed by atoms with Gasteiger partial charge in [0.05, 0.1) is 5.54 Å². The average Bonchev–Trinajstić information content (AvgIpc) is 2.17. The first-order valence-corrected chi connectivity index (χ1v) is 5.68. The summed E-state index contributed by atoms with van der Waals surface area (Å²) in [6.45, 7) is 9.94. The quantitative estimate of drug-likeness (QED) is 0.656. The van der Waals surface area contributed by atoms with E-state index in [9.17, 15) is 4.79 Å². The van der Waals surface area contributed by atoms with Crippen molar-refractivity contribution < 1.29 is 4.79 Å². The van der Waals surface area contributed by atoms with Gasteiger partial charge in [-0.1, -0.05) is 13.8 Å². The van der Waals surface area contributed by atoms with Crippen molar-refractivity contribution in [1.29, 1.82) is 0 Å². The fraction of sp³-hybridized carbons (Fsp3) is 0.909. The molecular weight excluding hydrogens is 190 g/mol. The smallest absolute Gasteiger partial charge is 0.237 e. The van der Waals surface area contributed by atoms with E-state index < -0.39 is 11.4 Å². The monoisotopic (exact) mass is 215 g/mol. The summed E-state index contributed by atoms with van der Waals surface area (Å²) in [5.74, 6) is -0.428. The molecule has 1 amide bonds. The van der Waals surface area contributed by atoms with E-state index in [1.165, 1.54) is 0 Å². The van der Waals surface area contributed by atoms with Crippen LogP contribution in [-0.2, 0) is 4.79 Å². The molecule has 0 bridgehead atoms. The van der Waals surface area contributed by atoms with Gasteiger partial charge in [-0.25, -0.2) is 0 Å². The molecule has 0 heterocycles. The van der Waals surface area contributed by atoms with Crippen LogP contribution in [-0.4, -0.2) is 35.5 Å². The van der Waals surface area contributed by atoms with E-state index in [1.54, 1.807) is 6.92 Å². The van der Waals surface area contributed by atoms with Gasteiger partial charge in [0, 0.05) is 12.6 Å². The minimum atomic E-state index is -0.888. The van der Waals surface area contributed by atoms with Crippen molar-refractivity contribution in [3.05, 3.63) is 0 Å². The normalized spacial score (nSPS) is 17.5. The van der Waals surface area contributed by atoms with Gasteiger partial charge in [0.25, 0.3) is 0 Å². The Morgan fingerprint density at radius 3 is 2.33 bits per heavy atom. The molecular formula is C11H25N3O. The summed E-state index contributed by atoms with van der Waals surface area (Å²) < 4.78 is 0. The molecule has 2 unspecified atom stereocenters. The second-order valence-electron chi connectivity index (χ2n) is 4.42. The summed E-state index contributed by atoms with van der Waals surface area (Å²) in [5, 5.41) is 0. The van der Waals surface area contributed by atoms with Crippen LogP contribution < -0.4 is 11.5 Å². The predicted octanol–water partition coefficient (Wildman–Crippen LogP) is 0.700. The molecule has 0 radical (unpaired) electrons. The van der Waals surface area contributed by atoms with Gasteiger partial charge in [-0.2, -0.15) is 0 Å². The van der Waals surface area contributed by atoms with Gasteiger partial charge < -0.3 is 16.4 Å². The van der Waals surface area contributed by atoms with Crippen LogP contribution in [0.1, 0.15) is 40.5 Å². The molecule has 0 rings (SSSR count). The number of nitrogens with two attached hydrogens (primary N) is 2. The Labute approximate surface area is 93.0 Å². The van der Waals surface area contributed by atoms with Crippen LogP contribution in [0.25, 0.3) is 0 Å². The highest BCUT2D eigenvalue weighted by Gasteiger charge is 2.26. The number of hydrogen-bond acceptors (Lipinski definition) is 3. The van der Waals surface area contributed by atoms with Crippen molar-refractivity contribution in [1.82, 2.24) is 4.90 Å². The number of carbonyl (C=O) groups is 1. The van der Waals surface area contributed by atoms with Gasteiger partial charge >= 0.3 is 0 Å². The third kappa shape index (κ3) is 4.62. The Balaban J connectivity index is 4.17. The molecule has 4 nitrogen and oxygen atoms in total. The Hall–Kier alpha value is -0.610. The molecule has 0 aliphatic rings. The molecule has 0 aromatic rings. The number of carbonyl (C=O) groups excluding carboxylic acids is 1. The summed E-state index contributed by atoms with van der Waals surface area (Å²) in [4.78, 5) is 13.4. The van der Waals surface area contributed by atoms with Crippen molar-refractivity contribution in [2.45, 2.75) is 52.1 Å². The lowest BCUT2D eigenvalue weighted by Gasteiger charge is -2.30. The van der Waals surface area contributed by atoms with Crippen LogP contribution >= 0.6 is 0 Å². The summed E-state index contributed by atoms with van der Waals surface area (Å²) in [6.07, 6.45) is 1.71. The van der Waals surface area contributed by atoms with Crippen molar-refractivity contribution in [2.24, 2.45) is 11.5 Å². The van der Waals surface area contributed by atoms with Crippen LogP contribution in [0.4, 0.5) is 0 Å². The lowest BCUT2D eigenvalue weighted by atomic mass is 9.98. The minimum absolute atomic E-state index is 0.428. The molecule has 0 saturated heterocycles. The SMILES string of the molecule is CCC(C)N(CC)CCC(C)(N)C(N)=O. The molecule has 0 saturated carbocycles. The Kier molecular flexibility index (Phi) is 5.83. The zero-order chi connectivity index (χ0) is 12.1. The minimum Gasteiger partial charge on any atom is -0.368 e. The van der Waals surface area contributed by atoms with Gasteiger partial charge in [-0.3, -0.25) is 4.79 Å². The molecule has 0 fully saturated rings. The topological polar surface area (TPSA) is 72.3 Å². The van der Waals surface area contributed by atoms with Gasteiger partial charge in [0.2, 0.25) is 5.91 Å². The predicted molar refractivity (Wildman–Crippen MR) is 63.4 cm³/mol. The number of amides is 1. The molecule has 15 heavy (non-hydrogen) atoms. The Morgan fingerprint density at radius 2 is 2.00 bits per heavy atom. The molecule has 0 spiro atoms. The summed E-state index contributed by atoms with van der Waals surface area (Å²) in [6, 6.07) is 0.527. The Morgan fingerprint density at radius 1 is 1.47 bits per heavy atom. The maximum atomic E-state index is 11.0.